The third-order valence-electron chi connectivity index (χ3n) is 8.67. The fraction of sp³-hybridized carbons (Fsp3) is 0.176. The van der Waals surface area contributed by atoms with E-state index in [0.717, 1.165) is 12.8 Å². The topological polar surface area (TPSA) is 0 Å². The fourth-order valence-corrected chi connectivity index (χ4v) is 37.1. The molecule has 0 N–H and O–H groups in total. The molecule has 0 aromatic heterocycles. The summed E-state index contributed by atoms with van der Waals surface area (Å²) >= 11 is -1.99. The van der Waals surface area contributed by atoms with Crippen molar-refractivity contribution in [3.63, 3.8) is 0 Å². The van der Waals surface area contributed by atoms with E-state index in [1.165, 1.54) is 56.0 Å². The first-order valence-electron chi connectivity index (χ1n) is 13.1. The summed E-state index contributed by atoms with van der Waals surface area (Å²) in [7, 11) is 0. The molecular formula is C34H36Cl2GeHf. The number of halogens is 2. The van der Waals surface area contributed by atoms with Crippen molar-refractivity contribution in [1.29, 1.82) is 0 Å². The van der Waals surface area contributed by atoms with Gasteiger partial charge in [-0.05, 0) is 0 Å². The zero-order valence-electron chi connectivity index (χ0n) is 22.7. The Balaban J connectivity index is 0.00000168. The maximum atomic E-state index is 2.73. The van der Waals surface area contributed by atoms with Gasteiger partial charge in [0.15, 0.2) is 0 Å². The van der Waals surface area contributed by atoms with E-state index in [4.69, 9.17) is 0 Å². The summed E-state index contributed by atoms with van der Waals surface area (Å²) in [6.07, 6.45) is 7.28. The molecule has 38 heavy (non-hydrogen) atoms. The van der Waals surface area contributed by atoms with Crippen LogP contribution in [-0.4, -0.2) is 12.2 Å². The Morgan fingerprint density at radius 2 is 0.921 bits per heavy atom. The molecule has 194 valence electrons. The van der Waals surface area contributed by atoms with Crippen LogP contribution in [0.15, 0.2) is 115 Å². The third-order valence-corrected chi connectivity index (χ3v) is 41.3. The van der Waals surface area contributed by atoms with Crippen molar-refractivity contribution >= 4 is 69.7 Å². The zero-order valence-corrected chi connectivity index (χ0v) is 30.9. The maximum absolute atomic E-state index is 3.41. The molecule has 0 saturated heterocycles. The number of hydrogen-bond acceptors (Lipinski definition) is 0. The number of allylic oxidation sites excluding steroid dienone is 8. The predicted octanol–water partition coefficient (Wildman–Crippen LogP) is 9.99. The third kappa shape index (κ3) is 4.90. The van der Waals surface area contributed by atoms with E-state index < -0.39 is 15.4 Å². The number of fused-ring (bicyclic) bond motifs is 2. The molecule has 0 bridgehead atoms. The van der Waals surface area contributed by atoms with Crippen LogP contribution < -0.4 is 0 Å². The molecule has 0 aliphatic heterocycles. The summed E-state index contributed by atoms with van der Waals surface area (Å²) in [5.74, 6) is 0. The summed E-state index contributed by atoms with van der Waals surface area (Å²) in [4.78, 5) is 0. The molecule has 0 amide bonds. The summed E-state index contributed by atoms with van der Waals surface area (Å²) in [6, 6.07) is 31.3. The summed E-state index contributed by atoms with van der Waals surface area (Å²) in [5.41, 5.74) is 8.95. The second-order valence-electron chi connectivity index (χ2n) is 11.8. The molecular weight excluding hydrogens is 730 g/mol. The first-order chi connectivity index (χ1) is 17.2. The van der Waals surface area contributed by atoms with Gasteiger partial charge in [0.25, 0.3) is 0 Å². The minimum atomic E-state index is -3.41. The Labute approximate surface area is 245 Å². The van der Waals surface area contributed by atoms with E-state index in [1.54, 1.807) is 11.1 Å². The van der Waals surface area contributed by atoms with Crippen LogP contribution in [-0.2, 0) is 15.4 Å². The quantitative estimate of drug-likeness (QED) is 0.182. The van der Waals surface area contributed by atoms with Crippen LogP contribution in [0.25, 0.3) is 32.7 Å². The Kier molecular flexibility index (Phi) is 8.29. The first kappa shape index (κ1) is 29.3. The van der Waals surface area contributed by atoms with Crippen molar-refractivity contribution in [2.45, 2.75) is 36.0 Å². The summed E-state index contributed by atoms with van der Waals surface area (Å²) in [6.45, 7) is 4.77. The average Bonchev–Trinajstić information content (AvgIpc) is 3.47. The van der Waals surface area contributed by atoms with E-state index >= 15 is 0 Å². The van der Waals surface area contributed by atoms with Gasteiger partial charge in [-0.2, -0.15) is 0 Å². The minimum Gasteiger partial charge on any atom is -0.147 e. The van der Waals surface area contributed by atoms with Gasteiger partial charge in [-0.1, -0.05) is 0 Å². The van der Waals surface area contributed by atoms with Crippen LogP contribution >= 0.6 is 24.8 Å². The molecule has 0 unspecified atom stereocenters. The number of hydrogen-bond donors (Lipinski definition) is 0. The van der Waals surface area contributed by atoms with Crippen molar-refractivity contribution in [3.05, 3.63) is 126 Å². The molecule has 4 heteroatoms. The monoisotopic (exact) mass is 768 g/mol. The molecule has 0 saturated carbocycles. The van der Waals surface area contributed by atoms with E-state index in [1.807, 2.05) is 6.66 Å². The SMILES string of the molecule is CC1=[C]([Hf]([CH3])([CH3])(=[GeH2])[C]2=C(C)C=C(c3cccc4ccccc34)C2)CC(c2cccc3ccccc23)=C1.Cl.Cl. The Morgan fingerprint density at radius 1 is 0.553 bits per heavy atom. The largest absolute Gasteiger partial charge is 0.147 e. The fourth-order valence-electron chi connectivity index (χ4n) is 6.83. The van der Waals surface area contributed by atoms with E-state index in [0.29, 0.717) is 0 Å². The van der Waals surface area contributed by atoms with Crippen LogP contribution in [0.3, 0.4) is 0 Å². The predicted molar refractivity (Wildman–Crippen MR) is 173 cm³/mol. The molecule has 4 aromatic rings. The molecule has 2 aliphatic rings. The van der Waals surface area contributed by atoms with E-state index in [9.17, 15) is 0 Å². The van der Waals surface area contributed by atoms with Crippen LogP contribution in [0.2, 0.25) is 9.36 Å². The van der Waals surface area contributed by atoms with Gasteiger partial charge >= 0.3 is 222 Å². The van der Waals surface area contributed by atoms with Crippen LogP contribution in [0, 0.1) is 0 Å². The molecule has 0 atom stereocenters. The van der Waals surface area contributed by atoms with Gasteiger partial charge in [0.2, 0.25) is 0 Å². The second-order valence-corrected chi connectivity index (χ2v) is 71.8. The van der Waals surface area contributed by atoms with Crippen molar-refractivity contribution in [1.82, 2.24) is 0 Å². The second kappa shape index (κ2) is 10.7. The van der Waals surface area contributed by atoms with Crippen molar-refractivity contribution < 1.29 is 15.4 Å². The molecule has 6 rings (SSSR count). The van der Waals surface area contributed by atoms with Crippen molar-refractivity contribution in [3.8, 4) is 0 Å². The molecule has 0 radical (unpaired) electrons. The Hall–Kier alpha value is -1.65. The molecule has 4 aromatic carbocycles. The van der Waals surface area contributed by atoms with Crippen LogP contribution in [0.5, 0.6) is 0 Å². The van der Waals surface area contributed by atoms with Gasteiger partial charge in [-0.15, -0.1) is 24.8 Å². The molecule has 0 fully saturated rings. The number of benzene rings is 4. The summed E-state index contributed by atoms with van der Waals surface area (Å²) < 4.78 is 9.09. The van der Waals surface area contributed by atoms with Gasteiger partial charge in [0.1, 0.15) is 0 Å². The van der Waals surface area contributed by atoms with Gasteiger partial charge in [-0.3, -0.25) is 0 Å². The van der Waals surface area contributed by atoms with E-state index in [-0.39, 0.29) is 24.8 Å². The smallest absolute Gasteiger partial charge is 0.147 e. The van der Waals surface area contributed by atoms with Gasteiger partial charge < -0.3 is 0 Å². The standard InChI is InChI=1S/2C16H13.2CH3.2ClH.GeH2.Hf/c2*1-12-9-10-14(11-12)16-8-4-6-13-5-2-3-7-15(13)16;;;;;;/h2*2-8,11H,10H2,1H3;2*1H3;2*1H;1H2;. The van der Waals surface area contributed by atoms with Crippen LogP contribution in [0.4, 0.5) is 0 Å². The number of rotatable bonds is 4. The van der Waals surface area contributed by atoms with Crippen LogP contribution in [0.1, 0.15) is 37.8 Å². The van der Waals surface area contributed by atoms with Gasteiger partial charge in [-0.25, -0.2) is 0 Å². The Morgan fingerprint density at radius 3 is 1.34 bits per heavy atom. The molecule has 0 heterocycles. The molecule has 0 nitrogen and oxygen atoms in total. The Bertz CT molecular complexity index is 1640. The molecule has 0 spiro atoms. The maximum Gasteiger partial charge on any atom is -0.147 e. The molecule has 2 aliphatic carbocycles. The first-order valence-corrected chi connectivity index (χ1v) is 38.5. The average molecular weight is 767 g/mol. The van der Waals surface area contributed by atoms with Gasteiger partial charge in [0.05, 0.1) is 0 Å². The van der Waals surface area contributed by atoms with E-state index in [2.05, 4.69) is 120 Å². The zero-order chi connectivity index (χ0) is 25.1. The normalized spacial score (nSPS) is 15.9. The minimum absolute atomic E-state index is 0. The van der Waals surface area contributed by atoms with Gasteiger partial charge in [0, 0.05) is 0 Å². The van der Waals surface area contributed by atoms with Crippen molar-refractivity contribution in [2.75, 3.05) is 0 Å². The van der Waals surface area contributed by atoms with Crippen molar-refractivity contribution in [2.24, 2.45) is 0 Å². The summed E-state index contributed by atoms with van der Waals surface area (Å²) in [5, 5.41) is 5.44.